The van der Waals surface area contributed by atoms with E-state index >= 15 is 0 Å². The third kappa shape index (κ3) is 3.84. The molecule has 0 saturated carbocycles. The summed E-state index contributed by atoms with van der Waals surface area (Å²) in [6, 6.07) is 15.4. The van der Waals surface area contributed by atoms with Crippen LogP contribution < -0.4 is 14.4 Å². The van der Waals surface area contributed by atoms with Gasteiger partial charge in [0.2, 0.25) is 6.10 Å². The Morgan fingerprint density at radius 3 is 2.74 bits per heavy atom. The minimum Gasteiger partial charge on any atom is -0.485 e. The number of pyridine rings is 1. The number of hydrogen-bond acceptors (Lipinski definition) is 6. The molecule has 6 nitrogen and oxygen atoms in total. The Hall–Kier alpha value is -3.45. The van der Waals surface area contributed by atoms with Crippen LogP contribution in [0, 0.1) is 13.8 Å². The van der Waals surface area contributed by atoms with Gasteiger partial charge in [-0.2, -0.15) is 0 Å². The fourth-order valence-electron chi connectivity index (χ4n) is 3.51. The Labute approximate surface area is 184 Å². The number of amides is 1. The lowest BCUT2D eigenvalue weighted by atomic mass is 10.1. The molecule has 4 aromatic rings. The number of anilines is 1. The van der Waals surface area contributed by atoms with E-state index in [4.69, 9.17) is 14.5 Å². The Balaban J connectivity index is 1.51. The van der Waals surface area contributed by atoms with Crippen molar-refractivity contribution in [2.24, 2.45) is 0 Å². The number of nitrogens with zero attached hydrogens (tertiary/aromatic N) is 3. The Morgan fingerprint density at radius 2 is 1.94 bits per heavy atom. The molecule has 0 radical (unpaired) electrons. The van der Waals surface area contributed by atoms with E-state index in [0.29, 0.717) is 23.2 Å². The molecule has 31 heavy (non-hydrogen) atoms. The van der Waals surface area contributed by atoms with Crippen molar-refractivity contribution in [2.75, 3.05) is 11.5 Å². The lowest BCUT2D eigenvalue weighted by Crippen LogP contribution is -2.46. The standard InChI is InChI=1S/C24H21N3O3S/c1-15-10-18-22(11-16(15)2)31-24(26-18)27(13-17-6-5-9-25-12-17)23(28)21-14-29-19-7-3-4-8-20(19)30-21/h3-12,21H,13-14H2,1-2H3. The molecule has 1 atom stereocenters. The lowest BCUT2D eigenvalue weighted by Gasteiger charge is -2.29. The van der Waals surface area contributed by atoms with Crippen LogP contribution in [0.2, 0.25) is 0 Å². The van der Waals surface area contributed by atoms with Crippen LogP contribution in [0.4, 0.5) is 5.13 Å². The average Bonchev–Trinajstić information content (AvgIpc) is 3.20. The average molecular weight is 432 g/mol. The molecule has 1 amide bonds. The lowest BCUT2D eigenvalue weighted by molar-refractivity contribution is -0.127. The number of ether oxygens (including phenoxy) is 2. The van der Waals surface area contributed by atoms with Gasteiger partial charge in [-0.3, -0.25) is 14.7 Å². The molecule has 1 aliphatic heterocycles. The highest BCUT2D eigenvalue weighted by atomic mass is 32.1. The minimum absolute atomic E-state index is 0.155. The summed E-state index contributed by atoms with van der Waals surface area (Å²) in [5.74, 6) is 1.03. The molecular weight excluding hydrogens is 410 g/mol. The minimum atomic E-state index is -0.748. The maximum atomic E-state index is 13.6. The van der Waals surface area contributed by atoms with Gasteiger partial charge in [0.05, 0.1) is 16.8 Å². The number of carbonyl (C=O) groups is 1. The molecule has 5 rings (SSSR count). The third-order valence-corrected chi connectivity index (χ3v) is 6.38. The molecule has 0 saturated heterocycles. The van der Waals surface area contributed by atoms with Crippen molar-refractivity contribution in [2.45, 2.75) is 26.5 Å². The van der Waals surface area contributed by atoms with Crippen LogP contribution >= 0.6 is 11.3 Å². The number of carbonyl (C=O) groups excluding carboxylic acids is 1. The second-order valence-corrected chi connectivity index (χ2v) is 8.56. The Morgan fingerprint density at radius 1 is 1.13 bits per heavy atom. The summed E-state index contributed by atoms with van der Waals surface area (Å²) in [5, 5.41) is 0.635. The molecular formula is C24H21N3O3S. The van der Waals surface area contributed by atoms with Gasteiger partial charge in [0, 0.05) is 12.4 Å². The highest BCUT2D eigenvalue weighted by Crippen LogP contribution is 2.34. The van der Waals surface area contributed by atoms with E-state index in [-0.39, 0.29) is 12.5 Å². The molecule has 0 bridgehead atoms. The van der Waals surface area contributed by atoms with Gasteiger partial charge in [-0.05, 0) is 60.9 Å². The van der Waals surface area contributed by atoms with E-state index in [1.54, 1.807) is 17.3 Å². The third-order valence-electron chi connectivity index (χ3n) is 5.34. The Kier molecular flexibility index (Phi) is 5.03. The summed E-state index contributed by atoms with van der Waals surface area (Å²) in [7, 11) is 0. The second-order valence-electron chi connectivity index (χ2n) is 7.55. The van der Waals surface area contributed by atoms with Crippen LogP contribution in [0.5, 0.6) is 11.5 Å². The number of benzene rings is 2. The van der Waals surface area contributed by atoms with Gasteiger partial charge in [0.1, 0.15) is 6.61 Å². The topological polar surface area (TPSA) is 64.6 Å². The van der Waals surface area contributed by atoms with Gasteiger partial charge in [0.25, 0.3) is 5.91 Å². The van der Waals surface area contributed by atoms with Crippen molar-refractivity contribution in [1.82, 2.24) is 9.97 Å². The number of rotatable bonds is 4. The molecule has 2 aromatic carbocycles. The highest BCUT2D eigenvalue weighted by Gasteiger charge is 2.33. The van der Waals surface area contributed by atoms with Crippen LogP contribution in [-0.4, -0.2) is 28.6 Å². The van der Waals surface area contributed by atoms with Crippen molar-refractivity contribution in [3.8, 4) is 11.5 Å². The van der Waals surface area contributed by atoms with Crippen molar-refractivity contribution in [3.05, 3.63) is 77.6 Å². The number of fused-ring (bicyclic) bond motifs is 2. The smallest absolute Gasteiger partial charge is 0.273 e. The molecule has 156 valence electrons. The van der Waals surface area contributed by atoms with Crippen LogP contribution in [0.1, 0.15) is 16.7 Å². The van der Waals surface area contributed by atoms with E-state index in [2.05, 4.69) is 31.0 Å². The number of aromatic nitrogens is 2. The zero-order chi connectivity index (χ0) is 21.4. The van der Waals surface area contributed by atoms with Gasteiger partial charge < -0.3 is 9.47 Å². The van der Waals surface area contributed by atoms with Gasteiger partial charge in [-0.1, -0.05) is 29.5 Å². The van der Waals surface area contributed by atoms with E-state index < -0.39 is 6.10 Å². The Bertz CT molecular complexity index is 1220. The molecule has 1 aliphatic rings. The van der Waals surface area contributed by atoms with Gasteiger partial charge >= 0.3 is 0 Å². The van der Waals surface area contributed by atoms with E-state index in [9.17, 15) is 4.79 Å². The molecule has 0 fully saturated rings. The normalized spacial score (nSPS) is 15.1. The quantitative estimate of drug-likeness (QED) is 0.469. The zero-order valence-electron chi connectivity index (χ0n) is 17.2. The number of aryl methyl sites for hydroxylation is 2. The first-order valence-corrected chi connectivity index (χ1v) is 10.9. The molecule has 1 unspecified atom stereocenters. The predicted molar refractivity (Wildman–Crippen MR) is 121 cm³/mol. The molecule has 0 spiro atoms. The van der Waals surface area contributed by atoms with Crippen LogP contribution in [0.15, 0.2) is 60.9 Å². The molecule has 3 heterocycles. The van der Waals surface area contributed by atoms with Crippen LogP contribution in [0.25, 0.3) is 10.2 Å². The molecule has 7 heteroatoms. The van der Waals surface area contributed by atoms with Gasteiger partial charge in [-0.25, -0.2) is 4.98 Å². The largest absolute Gasteiger partial charge is 0.485 e. The van der Waals surface area contributed by atoms with E-state index in [1.165, 1.54) is 22.5 Å². The molecule has 2 aromatic heterocycles. The van der Waals surface area contributed by atoms with E-state index in [0.717, 1.165) is 15.8 Å². The van der Waals surface area contributed by atoms with Crippen molar-refractivity contribution < 1.29 is 14.3 Å². The summed E-state index contributed by atoms with van der Waals surface area (Å²) < 4.78 is 12.8. The van der Waals surface area contributed by atoms with E-state index in [1.807, 2.05) is 36.4 Å². The second kappa shape index (κ2) is 8.00. The molecule has 0 N–H and O–H groups in total. The van der Waals surface area contributed by atoms with Crippen molar-refractivity contribution in [1.29, 1.82) is 0 Å². The SMILES string of the molecule is Cc1cc2nc(N(Cc3cccnc3)C(=O)C3COc4ccccc4O3)sc2cc1C. The fraction of sp³-hybridized carbons (Fsp3) is 0.208. The monoisotopic (exact) mass is 431 g/mol. The fourth-order valence-corrected chi connectivity index (χ4v) is 4.56. The zero-order valence-corrected chi connectivity index (χ0v) is 18.1. The summed E-state index contributed by atoms with van der Waals surface area (Å²) in [6.45, 7) is 4.66. The van der Waals surface area contributed by atoms with Gasteiger partial charge in [0.15, 0.2) is 16.6 Å². The van der Waals surface area contributed by atoms with Crippen molar-refractivity contribution >= 4 is 32.6 Å². The first kappa shape index (κ1) is 19.5. The summed E-state index contributed by atoms with van der Waals surface area (Å²) >= 11 is 1.50. The first-order valence-electron chi connectivity index (χ1n) is 10.0. The van der Waals surface area contributed by atoms with Crippen molar-refractivity contribution in [3.63, 3.8) is 0 Å². The van der Waals surface area contributed by atoms with Gasteiger partial charge in [-0.15, -0.1) is 0 Å². The maximum absolute atomic E-state index is 13.6. The molecule has 0 aliphatic carbocycles. The maximum Gasteiger partial charge on any atom is 0.273 e. The number of hydrogen-bond donors (Lipinski definition) is 0. The number of para-hydroxylation sites is 2. The highest BCUT2D eigenvalue weighted by molar-refractivity contribution is 7.22. The summed E-state index contributed by atoms with van der Waals surface area (Å²) in [6.07, 6.45) is 2.73. The van der Waals surface area contributed by atoms with Crippen LogP contribution in [0.3, 0.4) is 0 Å². The predicted octanol–water partition coefficient (Wildman–Crippen LogP) is 4.68. The number of thiazole rings is 1. The van der Waals surface area contributed by atoms with Crippen LogP contribution in [-0.2, 0) is 11.3 Å². The first-order chi connectivity index (χ1) is 15.1. The summed E-state index contributed by atoms with van der Waals surface area (Å²) in [4.78, 5) is 24.2. The summed E-state index contributed by atoms with van der Waals surface area (Å²) in [5.41, 5.74) is 4.18.